The molecular formula is C17H25ClFNO. The molecule has 1 saturated carbocycles. The summed E-state index contributed by atoms with van der Waals surface area (Å²) in [5.74, 6) is -0.275. The highest BCUT2D eigenvalue weighted by Crippen LogP contribution is 2.47. The number of rotatable bonds is 4. The number of hydrogen-bond donors (Lipinski definition) is 1. The molecule has 1 aliphatic rings. The summed E-state index contributed by atoms with van der Waals surface area (Å²) >= 11 is 5.86. The smallest absolute Gasteiger partial charge is 0.129 e. The quantitative estimate of drug-likeness (QED) is 0.868. The second kappa shape index (κ2) is 6.23. The minimum absolute atomic E-state index is 0.170. The molecule has 1 fully saturated rings. The zero-order valence-corrected chi connectivity index (χ0v) is 14.1. The molecule has 21 heavy (non-hydrogen) atoms. The maximum atomic E-state index is 14.3. The Morgan fingerprint density at radius 2 is 1.86 bits per heavy atom. The SMILES string of the molecule is CNC(c1ccc(Cl)cc1F)C1(OC)CCC(C)(C)CC1. The van der Waals surface area contributed by atoms with E-state index in [4.69, 9.17) is 16.3 Å². The van der Waals surface area contributed by atoms with Crippen molar-refractivity contribution in [3.8, 4) is 0 Å². The maximum absolute atomic E-state index is 14.3. The summed E-state index contributed by atoms with van der Waals surface area (Å²) in [5, 5.41) is 3.68. The van der Waals surface area contributed by atoms with E-state index in [0.717, 1.165) is 25.7 Å². The number of hydrogen-bond acceptors (Lipinski definition) is 2. The Morgan fingerprint density at radius 3 is 2.33 bits per heavy atom. The molecule has 1 N–H and O–H groups in total. The van der Waals surface area contributed by atoms with E-state index in [2.05, 4.69) is 19.2 Å². The van der Waals surface area contributed by atoms with Gasteiger partial charge in [0.25, 0.3) is 0 Å². The highest BCUT2D eigenvalue weighted by molar-refractivity contribution is 6.30. The number of benzene rings is 1. The predicted molar refractivity (Wildman–Crippen MR) is 85.2 cm³/mol. The summed E-state index contributed by atoms with van der Waals surface area (Å²) in [6.07, 6.45) is 4.00. The fourth-order valence-corrected chi connectivity index (χ4v) is 3.56. The number of likely N-dealkylation sites (N-methyl/N-ethyl adjacent to an activating group) is 1. The fraction of sp³-hybridized carbons (Fsp3) is 0.647. The van der Waals surface area contributed by atoms with Gasteiger partial charge in [0.1, 0.15) is 5.82 Å². The molecule has 1 unspecified atom stereocenters. The number of halogens is 2. The van der Waals surface area contributed by atoms with Crippen LogP contribution in [0.5, 0.6) is 0 Å². The van der Waals surface area contributed by atoms with Crippen LogP contribution in [0.1, 0.15) is 51.1 Å². The number of methoxy groups -OCH3 is 1. The van der Waals surface area contributed by atoms with E-state index in [-0.39, 0.29) is 17.5 Å². The minimum atomic E-state index is -0.362. The molecule has 4 heteroatoms. The van der Waals surface area contributed by atoms with E-state index in [1.165, 1.54) is 6.07 Å². The molecule has 1 aromatic carbocycles. The molecule has 1 atom stereocenters. The average molecular weight is 314 g/mol. The first kappa shape index (κ1) is 16.7. The van der Waals surface area contributed by atoms with E-state index >= 15 is 0 Å². The van der Waals surface area contributed by atoms with Gasteiger partial charge >= 0.3 is 0 Å². The molecule has 0 spiro atoms. The Hall–Kier alpha value is -0.640. The Morgan fingerprint density at radius 1 is 1.24 bits per heavy atom. The van der Waals surface area contributed by atoms with Gasteiger partial charge in [-0.25, -0.2) is 4.39 Å². The molecule has 0 radical (unpaired) electrons. The van der Waals surface area contributed by atoms with Crippen molar-refractivity contribution < 1.29 is 9.13 Å². The lowest BCUT2D eigenvalue weighted by molar-refractivity contribution is -0.0868. The van der Waals surface area contributed by atoms with Gasteiger partial charge in [-0.2, -0.15) is 0 Å². The van der Waals surface area contributed by atoms with Gasteiger partial charge in [-0.3, -0.25) is 0 Å². The van der Waals surface area contributed by atoms with Crippen molar-refractivity contribution in [1.29, 1.82) is 0 Å². The van der Waals surface area contributed by atoms with E-state index in [1.54, 1.807) is 19.2 Å². The summed E-state index contributed by atoms with van der Waals surface area (Å²) in [7, 11) is 3.59. The summed E-state index contributed by atoms with van der Waals surface area (Å²) in [5.41, 5.74) is 0.598. The molecule has 0 amide bonds. The summed E-state index contributed by atoms with van der Waals surface area (Å²) in [6.45, 7) is 4.56. The van der Waals surface area contributed by atoms with Crippen LogP contribution in [-0.2, 0) is 4.74 Å². The largest absolute Gasteiger partial charge is 0.376 e. The lowest BCUT2D eigenvalue weighted by Crippen LogP contribution is -2.48. The molecule has 1 aromatic rings. The van der Waals surface area contributed by atoms with Gasteiger partial charge in [-0.15, -0.1) is 0 Å². The van der Waals surface area contributed by atoms with Crippen molar-refractivity contribution in [3.63, 3.8) is 0 Å². The predicted octanol–water partition coefficient (Wildman–Crippen LogP) is 4.73. The highest BCUT2D eigenvalue weighted by atomic mass is 35.5. The van der Waals surface area contributed by atoms with Gasteiger partial charge in [0.2, 0.25) is 0 Å². The van der Waals surface area contributed by atoms with Crippen molar-refractivity contribution in [3.05, 3.63) is 34.6 Å². The van der Waals surface area contributed by atoms with Crippen LogP contribution in [0.4, 0.5) is 4.39 Å². The minimum Gasteiger partial charge on any atom is -0.376 e. The highest BCUT2D eigenvalue weighted by Gasteiger charge is 2.45. The van der Waals surface area contributed by atoms with Crippen molar-refractivity contribution >= 4 is 11.6 Å². The maximum Gasteiger partial charge on any atom is 0.129 e. The molecule has 2 rings (SSSR count). The summed E-state index contributed by atoms with van der Waals surface area (Å²) < 4.78 is 20.2. The molecule has 2 nitrogen and oxygen atoms in total. The van der Waals surface area contributed by atoms with Crippen LogP contribution in [-0.4, -0.2) is 19.8 Å². The average Bonchev–Trinajstić information content (AvgIpc) is 2.44. The van der Waals surface area contributed by atoms with Gasteiger partial charge in [0.15, 0.2) is 0 Å². The zero-order valence-electron chi connectivity index (χ0n) is 13.3. The van der Waals surface area contributed by atoms with E-state index in [0.29, 0.717) is 16.0 Å². The van der Waals surface area contributed by atoms with Gasteiger partial charge in [-0.05, 0) is 50.3 Å². The van der Waals surface area contributed by atoms with Crippen molar-refractivity contribution in [2.24, 2.45) is 5.41 Å². The van der Waals surface area contributed by atoms with E-state index < -0.39 is 0 Å². The molecule has 118 valence electrons. The summed E-state index contributed by atoms with van der Waals surface area (Å²) in [6, 6.07) is 4.70. The van der Waals surface area contributed by atoms with Crippen LogP contribution >= 0.6 is 11.6 Å². The first-order valence-electron chi connectivity index (χ1n) is 7.51. The van der Waals surface area contributed by atoms with Crippen LogP contribution in [0.15, 0.2) is 18.2 Å². The number of ether oxygens (including phenoxy) is 1. The van der Waals surface area contributed by atoms with Crippen LogP contribution < -0.4 is 5.32 Å². The van der Waals surface area contributed by atoms with Crippen LogP contribution in [0.2, 0.25) is 5.02 Å². The van der Waals surface area contributed by atoms with Gasteiger partial charge in [0, 0.05) is 17.7 Å². The Bertz CT molecular complexity index is 494. The molecule has 0 saturated heterocycles. The monoisotopic (exact) mass is 313 g/mol. The summed E-state index contributed by atoms with van der Waals surface area (Å²) in [4.78, 5) is 0. The van der Waals surface area contributed by atoms with Gasteiger partial charge in [-0.1, -0.05) is 31.5 Å². The van der Waals surface area contributed by atoms with Crippen LogP contribution in [0.3, 0.4) is 0 Å². The third-order valence-corrected chi connectivity index (χ3v) is 5.18. The molecule has 0 heterocycles. The van der Waals surface area contributed by atoms with Gasteiger partial charge < -0.3 is 10.1 Å². The molecule has 0 aromatic heterocycles. The lowest BCUT2D eigenvalue weighted by Gasteiger charge is -2.47. The third-order valence-electron chi connectivity index (χ3n) is 4.94. The third kappa shape index (κ3) is 3.41. The zero-order chi connectivity index (χ0) is 15.7. The van der Waals surface area contributed by atoms with Crippen LogP contribution in [0, 0.1) is 11.2 Å². The van der Waals surface area contributed by atoms with Gasteiger partial charge in [0.05, 0.1) is 11.6 Å². The molecular weight excluding hydrogens is 289 g/mol. The van der Waals surface area contributed by atoms with Crippen molar-refractivity contribution in [2.75, 3.05) is 14.2 Å². The van der Waals surface area contributed by atoms with Crippen molar-refractivity contribution in [2.45, 2.75) is 51.2 Å². The number of nitrogens with one attached hydrogen (secondary N) is 1. The lowest BCUT2D eigenvalue weighted by atomic mass is 9.67. The first-order chi connectivity index (χ1) is 9.83. The van der Waals surface area contributed by atoms with Crippen molar-refractivity contribution in [1.82, 2.24) is 5.32 Å². The Labute approximate surface area is 132 Å². The molecule has 1 aliphatic carbocycles. The first-order valence-corrected chi connectivity index (χ1v) is 7.89. The second-order valence-electron chi connectivity index (χ2n) is 6.82. The second-order valence-corrected chi connectivity index (χ2v) is 7.26. The Kier molecular flexibility index (Phi) is 4.96. The normalized spacial score (nSPS) is 22.0. The molecule has 0 bridgehead atoms. The fourth-order valence-electron chi connectivity index (χ4n) is 3.40. The molecule has 0 aliphatic heterocycles. The van der Waals surface area contributed by atoms with E-state index in [1.807, 2.05) is 7.05 Å². The Balaban J connectivity index is 2.34. The van der Waals surface area contributed by atoms with Crippen LogP contribution in [0.25, 0.3) is 0 Å². The van der Waals surface area contributed by atoms with E-state index in [9.17, 15) is 4.39 Å². The standard InChI is InChI=1S/C17H25ClFNO/c1-16(2)7-9-17(21-4,10-8-16)15(20-3)13-6-5-12(18)11-14(13)19/h5-6,11,15,20H,7-10H2,1-4H3. The topological polar surface area (TPSA) is 21.3 Å².